The van der Waals surface area contributed by atoms with Gasteiger partial charge in [0.05, 0.1) is 0 Å². The van der Waals surface area contributed by atoms with Crippen molar-refractivity contribution in [2.24, 2.45) is 0 Å². The third kappa shape index (κ3) is 2.27. The van der Waals surface area contributed by atoms with Crippen molar-refractivity contribution in [1.29, 1.82) is 0 Å². The zero-order valence-corrected chi connectivity index (χ0v) is 7.77. The highest BCUT2D eigenvalue weighted by molar-refractivity contribution is 7.80. The Balaban J connectivity index is 2.81. The summed E-state index contributed by atoms with van der Waals surface area (Å²) in [5.74, 6) is -0.0478. The largest absolute Gasteiger partial charge is 0.352 e. The molecule has 0 aliphatic rings. The highest BCUT2D eigenvalue weighted by atomic mass is 32.1. The van der Waals surface area contributed by atoms with Gasteiger partial charge in [0.2, 0.25) is 0 Å². The number of rotatable bonds is 2. The summed E-state index contributed by atoms with van der Waals surface area (Å²) in [6, 6.07) is 7.16. The molecular weight excluding hydrogens is 170 g/mol. The summed E-state index contributed by atoms with van der Waals surface area (Å²) in [6.45, 7) is 2.54. The minimum absolute atomic E-state index is 0.0478. The predicted molar refractivity (Wildman–Crippen MR) is 51.7 cm³/mol. The lowest BCUT2D eigenvalue weighted by Gasteiger charge is -2.01. The van der Waals surface area contributed by atoms with Crippen LogP contribution in [0.25, 0.3) is 0 Å². The summed E-state index contributed by atoms with van der Waals surface area (Å²) in [5.41, 5.74) is 0.657. The molecule has 1 rings (SSSR count). The molecule has 0 bridgehead atoms. The summed E-state index contributed by atoms with van der Waals surface area (Å²) >= 11 is 4.14. The number of hydrogen-bond donors (Lipinski definition) is 2. The fourth-order valence-corrected chi connectivity index (χ4v) is 1.13. The Morgan fingerprint density at radius 2 is 2.33 bits per heavy atom. The van der Waals surface area contributed by atoms with Crippen LogP contribution in [0.3, 0.4) is 0 Å². The van der Waals surface area contributed by atoms with Crippen LogP contribution in [0, 0.1) is 0 Å². The molecule has 64 valence electrons. The zero-order chi connectivity index (χ0) is 8.97. The number of thiol groups is 1. The van der Waals surface area contributed by atoms with Crippen LogP contribution in [0.4, 0.5) is 0 Å². The van der Waals surface area contributed by atoms with Crippen LogP contribution in [0.5, 0.6) is 0 Å². The van der Waals surface area contributed by atoms with Crippen LogP contribution in [-0.4, -0.2) is 12.5 Å². The van der Waals surface area contributed by atoms with Crippen molar-refractivity contribution >= 4 is 18.5 Å². The maximum Gasteiger partial charge on any atom is 0.251 e. The van der Waals surface area contributed by atoms with E-state index in [0.29, 0.717) is 12.1 Å². The van der Waals surface area contributed by atoms with E-state index in [2.05, 4.69) is 17.9 Å². The molecule has 1 aromatic carbocycles. The molecular formula is C9H11NOS. The Morgan fingerprint density at radius 3 is 2.92 bits per heavy atom. The maximum absolute atomic E-state index is 11.3. The van der Waals surface area contributed by atoms with Gasteiger partial charge in [0.25, 0.3) is 5.91 Å². The summed E-state index contributed by atoms with van der Waals surface area (Å²) in [5, 5.41) is 2.72. The van der Waals surface area contributed by atoms with E-state index in [0.717, 1.165) is 4.90 Å². The molecule has 0 spiro atoms. The van der Waals surface area contributed by atoms with Gasteiger partial charge >= 0.3 is 0 Å². The van der Waals surface area contributed by atoms with E-state index in [-0.39, 0.29) is 5.91 Å². The second-order valence-corrected chi connectivity index (χ2v) is 2.93. The first-order valence-electron chi connectivity index (χ1n) is 3.81. The van der Waals surface area contributed by atoms with Crippen molar-refractivity contribution in [3.8, 4) is 0 Å². The lowest BCUT2D eigenvalue weighted by molar-refractivity contribution is 0.0955. The van der Waals surface area contributed by atoms with Gasteiger partial charge in [-0.1, -0.05) is 6.07 Å². The first-order chi connectivity index (χ1) is 5.74. The number of carbonyl (C=O) groups excluding carboxylic acids is 1. The highest BCUT2D eigenvalue weighted by Gasteiger charge is 2.02. The Morgan fingerprint density at radius 1 is 1.58 bits per heavy atom. The molecule has 0 aliphatic heterocycles. The minimum Gasteiger partial charge on any atom is -0.352 e. The second kappa shape index (κ2) is 4.16. The Bertz CT molecular complexity index is 286. The van der Waals surface area contributed by atoms with Gasteiger partial charge in [0.15, 0.2) is 0 Å². The molecule has 1 N–H and O–H groups in total. The standard InChI is InChI=1S/C9H11NOS/c1-2-10-9(11)7-4-3-5-8(12)6-7/h3-6,12H,2H2,1H3,(H,10,11). The molecule has 0 aliphatic carbocycles. The fraction of sp³-hybridized carbons (Fsp3) is 0.222. The smallest absolute Gasteiger partial charge is 0.251 e. The Labute approximate surface area is 77.4 Å². The van der Waals surface area contributed by atoms with Crippen molar-refractivity contribution in [2.45, 2.75) is 11.8 Å². The number of amides is 1. The molecule has 0 radical (unpaired) electrons. The van der Waals surface area contributed by atoms with Crippen molar-refractivity contribution in [2.75, 3.05) is 6.54 Å². The monoisotopic (exact) mass is 181 g/mol. The van der Waals surface area contributed by atoms with E-state index in [1.807, 2.05) is 19.1 Å². The molecule has 0 aromatic heterocycles. The molecule has 0 fully saturated rings. The van der Waals surface area contributed by atoms with Crippen molar-refractivity contribution in [3.63, 3.8) is 0 Å². The van der Waals surface area contributed by atoms with Gasteiger partial charge in [-0.3, -0.25) is 4.79 Å². The summed E-state index contributed by atoms with van der Waals surface area (Å²) in [7, 11) is 0. The summed E-state index contributed by atoms with van der Waals surface area (Å²) in [6.07, 6.45) is 0. The van der Waals surface area contributed by atoms with Crippen molar-refractivity contribution in [1.82, 2.24) is 5.32 Å². The van der Waals surface area contributed by atoms with E-state index in [1.54, 1.807) is 12.1 Å². The van der Waals surface area contributed by atoms with Gasteiger partial charge in [0.1, 0.15) is 0 Å². The first kappa shape index (κ1) is 9.13. The average Bonchev–Trinajstić information content (AvgIpc) is 2.05. The van der Waals surface area contributed by atoms with E-state index < -0.39 is 0 Å². The Kier molecular flexibility index (Phi) is 3.17. The van der Waals surface area contributed by atoms with Crippen molar-refractivity contribution in [3.05, 3.63) is 29.8 Å². The van der Waals surface area contributed by atoms with Crippen LogP contribution >= 0.6 is 12.6 Å². The summed E-state index contributed by atoms with van der Waals surface area (Å²) in [4.78, 5) is 12.1. The summed E-state index contributed by atoms with van der Waals surface area (Å²) < 4.78 is 0. The van der Waals surface area contributed by atoms with Gasteiger partial charge in [-0.25, -0.2) is 0 Å². The topological polar surface area (TPSA) is 29.1 Å². The van der Waals surface area contributed by atoms with Crippen LogP contribution < -0.4 is 5.32 Å². The number of benzene rings is 1. The van der Waals surface area contributed by atoms with Gasteiger partial charge in [-0.2, -0.15) is 0 Å². The minimum atomic E-state index is -0.0478. The molecule has 0 saturated heterocycles. The zero-order valence-electron chi connectivity index (χ0n) is 6.87. The SMILES string of the molecule is CCNC(=O)c1cccc(S)c1. The maximum atomic E-state index is 11.3. The highest BCUT2D eigenvalue weighted by Crippen LogP contribution is 2.08. The third-order valence-corrected chi connectivity index (χ3v) is 1.72. The third-order valence-electron chi connectivity index (χ3n) is 1.45. The predicted octanol–water partition coefficient (Wildman–Crippen LogP) is 1.73. The van der Waals surface area contributed by atoms with Gasteiger partial charge in [-0.15, -0.1) is 12.6 Å². The number of nitrogens with one attached hydrogen (secondary N) is 1. The van der Waals surface area contributed by atoms with E-state index in [4.69, 9.17) is 0 Å². The Hall–Kier alpha value is -0.960. The molecule has 1 aromatic rings. The number of carbonyl (C=O) groups is 1. The lowest BCUT2D eigenvalue weighted by Crippen LogP contribution is -2.22. The molecule has 0 heterocycles. The molecule has 3 heteroatoms. The second-order valence-electron chi connectivity index (χ2n) is 2.41. The lowest BCUT2D eigenvalue weighted by atomic mass is 10.2. The van der Waals surface area contributed by atoms with E-state index >= 15 is 0 Å². The number of hydrogen-bond acceptors (Lipinski definition) is 2. The fourth-order valence-electron chi connectivity index (χ4n) is 0.910. The van der Waals surface area contributed by atoms with Crippen LogP contribution in [0.2, 0.25) is 0 Å². The normalized spacial score (nSPS) is 9.50. The molecule has 12 heavy (non-hydrogen) atoms. The molecule has 0 saturated carbocycles. The molecule has 0 unspecified atom stereocenters. The van der Waals surface area contributed by atoms with Crippen LogP contribution in [-0.2, 0) is 0 Å². The molecule has 2 nitrogen and oxygen atoms in total. The molecule has 0 atom stereocenters. The van der Waals surface area contributed by atoms with Crippen molar-refractivity contribution < 1.29 is 4.79 Å². The first-order valence-corrected chi connectivity index (χ1v) is 4.26. The van der Waals surface area contributed by atoms with Gasteiger partial charge in [-0.05, 0) is 25.1 Å². The van der Waals surface area contributed by atoms with Crippen LogP contribution in [0.15, 0.2) is 29.2 Å². The van der Waals surface area contributed by atoms with Gasteiger partial charge < -0.3 is 5.32 Å². The van der Waals surface area contributed by atoms with E-state index in [9.17, 15) is 4.79 Å². The quantitative estimate of drug-likeness (QED) is 0.668. The van der Waals surface area contributed by atoms with E-state index in [1.165, 1.54) is 0 Å². The van der Waals surface area contributed by atoms with Gasteiger partial charge in [0, 0.05) is 17.0 Å². The molecule has 1 amide bonds. The average molecular weight is 181 g/mol. The van der Waals surface area contributed by atoms with Crippen LogP contribution in [0.1, 0.15) is 17.3 Å².